The molecule has 0 heterocycles. The summed E-state index contributed by atoms with van der Waals surface area (Å²) < 4.78 is 0. The summed E-state index contributed by atoms with van der Waals surface area (Å²) in [7, 11) is 0.750. The molecule has 2 aliphatic rings. The summed E-state index contributed by atoms with van der Waals surface area (Å²) in [6.07, 6.45) is 3.57. The summed E-state index contributed by atoms with van der Waals surface area (Å²) in [4.78, 5) is 0. The second-order valence-electron chi connectivity index (χ2n) is 7.37. The minimum atomic E-state index is 0. The fourth-order valence-electron chi connectivity index (χ4n) is 4.00. The summed E-state index contributed by atoms with van der Waals surface area (Å²) in [6, 6.07) is 36.2. The van der Waals surface area contributed by atoms with Crippen molar-refractivity contribution < 1.29 is 26.2 Å². The van der Waals surface area contributed by atoms with E-state index in [4.69, 9.17) is 0 Å². The second-order valence-corrected chi connectivity index (χ2v) is 8.52. The van der Waals surface area contributed by atoms with Gasteiger partial charge in [-0.3, -0.25) is 0 Å². The fraction of sp³-hybridized carbons (Fsp3) is 0.172. The summed E-state index contributed by atoms with van der Waals surface area (Å²) >= 11 is 4.64. The van der Waals surface area contributed by atoms with Gasteiger partial charge in [-0.1, -0.05) is 83.9 Å². The van der Waals surface area contributed by atoms with Gasteiger partial charge in [-0.25, -0.2) is 0 Å². The number of hydrogen-bond donors (Lipinski definition) is 0. The van der Waals surface area contributed by atoms with Crippen LogP contribution in [0.3, 0.4) is 0 Å². The summed E-state index contributed by atoms with van der Waals surface area (Å²) in [5.74, 6) is 0. The monoisotopic (exact) mass is 529 g/mol. The molecule has 0 nitrogen and oxygen atoms in total. The first-order valence-electron chi connectivity index (χ1n) is 10.6. The van der Waals surface area contributed by atoms with Crippen molar-refractivity contribution in [1.29, 1.82) is 0 Å². The van der Waals surface area contributed by atoms with Gasteiger partial charge in [0.15, 0.2) is 0 Å². The largest absolute Gasteiger partial charge is 2.00 e. The molecule has 0 N–H and O–H groups in total. The van der Waals surface area contributed by atoms with Crippen LogP contribution in [0.1, 0.15) is 22.3 Å². The first-order valence-corrected chi connectivity index (χ1v) is 13.7. The maximum Gasteiger partial charge on any atom is 2.00 e. The Hall–Kier alpha value is -1.73. The van der Waals surface area contributed by atoms with E-state index in [2.05, 4.69) is 110 Å². The molecule has 159 valence electrons. The third-order valence-corrected chi connectivity index (χ3v) is 5.23. The van der Waals surface area contributed by atoms with Crippen LogP contribution >= 0.6 is 11.6 Å². The average molecular weight is 531 g/mol. The van der Waals surface area contributed by atoms with E-state index in [-0.39, 0.29) is 26.2 Å². The van der Waals surface area contributed by atoms with Crippen LogP contribution in [0, 0.1) is 12.1 Å². The van der Waals surface area contributed by atoms with E-state index >= 15 is 0 Å². The van der Waals surface area contributed by atoms with E-state index in [1.807, 2.05) is 12.1 Å². The molecule has 0 spiro atoms. The van der Waals surface area contributed by atoms with Crippen molar-refractivity contribution in [2.24, 2.45) is 0 Å². The zero-order valence-corrected chi connectivity index (χ0v) is 23.3. The number of alkyl halides is 1. The van der Waals surface area contributed by atoms with Gasteiger partial charge in [0.2, 0.25) is 0 Å². The first-order chi connectivity index (χ1) is 15.3. The van der Waals surface area contributed by atoms with Crippen LogP contribution in [-0.4, -0.2) is 15.9 Å². The van der Waals surface area contributed by atoms with Crippen molar-refractivity contribution in [2.75, 3.05) is 6.38 Å². The average Bonchev–Trinajstić information content (AvgIpc) is 3.40. The number of hydrogen-bond acceptors (Lipinski definition) is 0. The molecule has 3 heteroatoms. The molecule has 4 aromatic rings. The predicted octanol–water partition coefficient (Wildman–Crippen LogP) is 7.49. The van der Waals surface area contributed by atoms with Crippen molar-refractivity contribution in [3.8, 4) is 22.3 Å². The summed E-state index contributed by atoms with van der Waals surface area (Å²) in [5, 5.41) is 0. The maximum absolute atomic E-state index is 4.64. The Kier molecular flexibility index (Phi) is 11.4. The van der Waals surface area contributed by atoms with Crippen molar-refractivity contribution in [3.63, 3.8) is 0 Å². The molecule has 0 atom stereocenters. The van der Waals surface area contributed by atoms with Crippen LogP contribution in [0.4, 0.5) is 0 Å². The SMILES string of the molecule is CCl.C[SiH]C.[Zr+2].[c-]1cccc2c1Cc1ccccc1-2.[c-]1cccc2c1Cc1ccccc1-2. The Labute approximate surface area is 220 Å². The maximum atomic E-state index is 4.64. The topological polar surface area (TPSA) is 0 Å². The zero-order valence-electron chi connectivity index (χ0n) is 19.0. The molecule has 1 radical (unpaired) electrons. The van der Waals surface area contributed by atoms with Crippen molar-refractivity contribution in [3.05, 3.63) is 119 Å². The smallest absolute Gasteiger partial charge is 0.179 e. The Morgan fingerprint density at radius 3 is 1.34 bits per heavy atom. The van der Waals surface area contributed by atoms with Gasteiger partial charge in [0.05, 0.1) is 0 Å². The van der Waals surface area contributed by atoms with E-state index in [1.165, 1.54) is 50.9 Å². The first kappa shape index (κ1) is 26.5. The molecule has 0 fully saturated rings. The summed E-state index contributed by atoms with van der Waals surface area (Å²) in [5.41, 5.74) is 11.0. The van der Waals surface area contributed by atoms with E-state index in [1.54, 1.807) is 0 Å². The minimum Gasteiger partial charge on any atom is -0.179 e. The van der Waals surface area contributed by atoms with Gasteiger partial charge < -0.3 is 0 Å². The third kappa shape index (κ3) is 6.19. The van der Waals surface area contributed by atoms with Gasteiger partial charge in [-0.05, 0) is 12.8 Å². The van der Waals surface area contributed by atoms with Gasteiger partial charge >= 0.3 is 26.2 Å². The van der Waals surface area contributed by atoms with Crippen LogP contribution in [0.5, 0.6) is 0 Å². The minimum absolute atomic E-state index is 0. The number of rotatable bonds is 0. The van der Waals surface area contributed by atoms with E-state index in [0.717, 1.165) is 22.4 Å². The molecule has 0 saturated heterocycles. The van der Waals surface area contributed by atoms with Crippen LogP contribution < -0.4 is 0 Å². The standard InChI is InChI=1S/2C13H9.C2H7Si.CH3Cl.Zr/c2*1-3-7-12-10(5-1)9-11-6-2-4-8-13(11)12;1-3-2;1-2;/h2*1-5,7-8H,9H2;3H,1-2H3;1H3;/q2*-1;;;+2. The van der Waals surface area contributed by atoms with Crippen LogP contribution in [0.2, 0.25) is 13.1 Å². The zero-order chi connectivity index (χ0) is 22.1. The van der Waals surface area contributed by atoms with E-state index in [0.29, 0.717) is 0 Å². The molecular weight excluding hydrogens is 503 g/mol. The fourth-order valence-corrected chi connectivity index (χ4v) is 4.00. The Morgan fingerprint density at radius 2 is 0.938 bits per heavy atom. The quantitative estimate of drug-likeness (QED) is 0.108. The molecule has 0 unspecified atom stereocenters. The molecule has 0 amide bonds. The van der Waals surface area contributed by atoms with Crippen molar-refractivity contribution in [1.82, 2.24) is 0 Å². The molecule has 6 rings (SSSR count). The van der Waals surface area contributed by atoms with Gasteiger partial charge in [0, 0.05) is 15.9 Å². The van der Waals surface area contributed by atoms with Crippen molar-refractivity contribution in [2.45, 2.75) is 25.9 Å². The van der Waals surface area contributed by atoms with Crippen molar-refractivity contribution >= 4 is 21.1 Å². The van der Waals surface area contributed by atoms with Crippen LogP contribution in [0.15, 0.2) is 84.9 Å². The van der Waals surface area contributed by atoms with Gasteiger partial charge in [0.25, 0.3) is 0 Å². The Balaban J connectivity index is 0.000000185. The molecule has 0 aromatic heterocycles. The van der Waals surface area contributed by atoms with Gasteiger partial charge in [-0.15, -0.1) is 22.7 Å². The Morgan fingerprint density at radius 1 is 0.594 bits per heavy atom. The molecule has 2 aliphatic carbocycles. The van der Waals surface area contributed by atoms with Crippen LogP contribution in [-0.2, 0) is 39.0 Å². The Bertz CT molecular complexity index is 947. The van der Waals surface area contributed by atoms with E-state index < -0.39 is 0 Å². The van der Waals surface area contributed by atoms with Gasteiger partial charge in [0.1, 0.15) is 0 Å². The molecule has 32 heavy (non-hydrogen) atoms. The third-order valence-electron chi connectivity index (χ3n) is 5.23. The number of benzene rings is 4. The molecule has 4 aromatic carbocycles. The molecule has 0 aliphatic heterocycles. The normalized spacial score (nSPS) is 10.8. The number of fused-ring (bicyclic) bond motifs is 6. The van der Waals surface area contributed by atoms with Gasteiger partial charge in [-0.2, -0.15) is 59.7 Å². The second kappa shape index (κ2) is 13.7. The number of halogens is 1. The van der Waals surface area contributed by atoms with E-state index in [9.17, 15) is 0 Å². The van der Waals surface area contributed by atoms with Crippen LogP contribution in [0.25, 0.3) is 22.3 Å². The predicted molar refractivity (Wildman–Crippen MR) is 138 cm³/mol. The molecule has 0 saturated carbocycles. The molecule has 0 bridgehead atoms. The molecular formula is C29H28ClSiZr. The summed E-state index contributed by atoms with van der Waals surface area (Å²) in [6.45, 7) is 4.42.